The van der Waals surface area contributed by atoms with Gasteiger partial charge < -0.3 is 15.4 Å². The smallest absolute Gasteiger partial charge is 0.258 e. The Hall–Kier alpha value is -1.10. The van der Waals surface area contributed by atoms with E-state index in [0.29, 0.717) is 18.1 Å². The Morgan fingerprint density at radius 1 is 1.53 bits per heavy atom. The van der Waals surface area contributed by atoms with Crippen LogP contribution in [0.4, 0.5) is 5.69 Å². The lowest BCUT2D eigenvalue weighted by atomic mass is 10.0. The average Bonchev–Trinajstić information content (AvgIpc) is 2.33. The van der Waals surface area contributed by atoms with Gasteiger partial charge in [0.15, 0.2) is 0 Å². The van der Waals surface area contributed by atoms with Crippen LogP contribution in [0.15, 0.2) is 18.2 Å². The van der Waals surface area contributed by atoms with E-state index in [4.69, 9.17) is 22.1 Å². The summed E-state index contributed by atoms with van der Waals surface area (Å²) in [6.45, 7) is 6.35. The van der Waals surface area contributed by atoms with E-state index in [1.165, 1.54) is 0 Å². The van der Waals surface area contributed by atoms with Crippen molar-refractivity contribution in [2.24, 2.45) is 5.73 Å². The maximum Gasteiger partial charge on any atom is 0.258 e. The van der Waals surface area contributed by atoms with Gasteiger partial charge in [0.1, 0.15) is 5.60 Å². The number of aryl methyl sites for hydroxylation is 1. The van der Waals surface area contributed by atoms with Crippen molar-refractivity contribution in [3.05, 3.63) is 28.8 Å². The van der Waals surface area contributed by atoms with E-state index in [-0.39, 0.29) is 12.0 Å². The van der Waals surface area contributed by atoms with Gasteiger partial charge in [0.2, 0.25) is 0 Å². The molecule has 0 spiro atoms. The van der Waals surface area contributed by atoms with Crippen molar-refractivity contribution in [3.63, 3.8) is 0 Å². The van der Waals surface area contributed by atoms with Crippen LogP contribution in [-0.4, -0.2) is 30.7 Å². The van der Waals surface area contributed by atoms with Gasteiger partial charge >= 0.3 is 0 Å². The van der Waals surface area contributed by atoms with Crippen LogP contribution in [0.2, 0.25) is 5.02 Å². The van der Waals surface area contributed by atoms with E-state index in [1.807, 2.05) is 19.1 Å². The highest BCUT2D eigenvalue weighted by atomic mass is 35.5. The highest BCUT2D eigenvalue weighted by Gasteiger charge is 2.41. The Bertz CT molecular complexity index is 502. The van der Waals surface area contributed by atoms with Crippen molar-refractivity contribution < 1.29 is 9.53 Å². The molecule has 19 heavy (non-hydrogen) atoms. The van der Waals surface area contributed by atoms with Crippen molar-refractivity contribution in [3.8, 4) is 0 Å². The number of ether oxygens (including phenoxy) is 1. The zero-order valence-electron chi connectivity index (χ0n) is 11.4. The number of hydrogen-bond donors (Lipinski definition) is 1. The van der Waals surface area contributed by atoms with E-state index in [9.17, 15) is 4.79 Å². The van der Waals surface area contributed by atoms with Crippen molar-refractivity contribution in [2.75, 3.05) is 18.0 Å². The van der Waals surface area contributed by atoms with Gasteiger partial charge in [-0.15, -0.1) is 0 Å². The lowest BCUT2D eigenvalue weighted by Crippen LogP contribution is -2.59. The average molecular weight is 283 g/mol. The predicted octanol–water partition coefficient (Wildman–Crippen LogP) is 2.12. The number of rotatable bonds is 2. The largest absolute Gasteiger partial charge is 0.359 e. The molecule has 0 saturated carbocycles. The molecule has 4 nitrogen and oxygen atoms in total. The van der Waals surface area contributed by atoms with E-state index < -0.39 is 5.60 Å². The summed E-state index contributed by atoms with van der Waals surface area (Å²) in [5, 5.41) is 0.664. The summed E-state index contributed by atoms with van der Waals surface area (Å²) in [4.78, 5) is 14.2. The first-order valence-electron chi connectivity index (χ1n) is 6.31. The fraction of sp³-hybridized carbons (Fsp3) is 0.500. The summed E-state index contributed by atoms with van der Waals surface area (Å²) < 4.78 is 5.71. The summed E-state index contributed by atoms with van der Waals surface area (Å²) >= 11 is 5.96. The van der Waals surface area contributed by atoms with E-state index in [0.717, 1.165) is 11.3 Å². The number of halogens is 1. The van der Waals surface area contributed by atoms with E-state index >= 15 is 0 Å². The number of amides is 1. The van der Waals surface area contributed by atoms with Crippen LogP contribution in [0, 0.1) is 6.92 Å². The maximum atomic E-state index is 12.5. The summed E-state index contributed by atoms with van der Waals surface area (Å²) in [5.41, 5.74) is 6.67. The van der Waals surface area contributed by atoms with Crippen molar-refractivity contribution in [2.45, 2.75) is 32.5 Å². The van der Waals surface area contributed by atoms with Crippen LogP contribution in [0.5, 0.6) is 0 Å². The first-order chi connectivity index (χ1) is 8.85. The van der Waals surface area contributed by atoms with E-state index in [1.54, 1.807) is 24.8 Å². The second-order valence-corrected chi connectivity index (χ2v) is 5.77. The summed E-state index contributed by atoms with van der Waals surface area (Å²) in [6, 6.07) is 5.51. The quantitative estimate of drug-likeness (QED) is 0.904. The summed E-state index contributed by atoms with van der Waals surface area (Å²) in [6.07, 6.45) is -0.150. The fourth-order valence-electron chi connectivity index (χ4n) is 2.37. The molecule has 0 bridgehead atoms. The van der Waals surface area contributed by atoms with Gasteiger partial charge in [-0.2, -0.15) is 0 Å². The number of nitrogens with two attached hydrogens (primary N) is 1. The Kier molecular flexibility index (Phi) is 3.85. The number of carbonyl (C=O) groups excluding carboxylic acids is 1. The van der Waals surface area contributed by atoms with E-state index in [2.05, 4.69) is 0 Å². The Morgan fingerprint density at radius 2 is 2.21 bits per heavy atom. The number of nitrogens with zero attached hydrogens (tertiary/aromatic N) is 1. The fourth-order valence-corrected chi connectivity index (χ4v) is 2.59. The van der Waals surface area contributed by atoms with Gasteiger partial charge in [-0.05, 0) is 44.5 Å². The summed E-state index contributed by atoms with van der Waals surface area (Å²) in [7, 11) is 0. The third-order valence-electron chi connectivity index (χ3n) is 3.32. The van der Waals surface area contributed by atoms with Crippen LogP contribution in [-0.2, 0) is 9.53 Å². The minimum atomic E-state index is -0.853. The highest BCUT2D eigenvalue weighted by molar-refractivity contribution is 6.30. The second-order valence-electron chi connectivity index (χ2n) is 5.33. The molecule has 0 radical (unpaired) electrons. The molecule has 0 aromatic heterocycles. The standard InChI is InChI=1S/C14H19ClN2O2/c1-9-6-10(15)4-5-12(9)17-8-11(7-16)19-14(2,3)13(17)18/h4-6,11H,7-8,16H2,1-3H3. The molecule has 2 N–H and O–H groups in total. The number of morpholine rings is 1. The Labute approximate surface area is 118 Å². The number of carbonyl (C=O) groups is 1. The molecule has 1 atom stereocenters. The molecular formula is C14H19ClN2O2. The monoisotopic (exact) mass is 282 g/mol. The molecule has 1 aromatic rings. The lowest BCUT2D eigenvalue weighted by Gasteiger charge is -2.42. The number of hydrogen-bond acceptors (Lipinski definition) is 3. The van der Waals surface area contributed by atoms with Gasteiger partial charge in [0.25, 0.3) is 5.91 Å². The molecule has 1 unspecified atom stereocenters. The molecule has 1 aliphatic rings. The molecule has 1 aromatic carbocycles. The molecule has 5 heteroatoms. The van der Waals surface area contributed by atoms with Crippen LogP contribution < -0.4 is 10.6 Å². The van der Waals surface area contributed by atoms with Crippen LogP contribution >= 0.6 is 11.6 Å². The zero-order chi connectivity index (χ0) is 14.2. The van der Waals surface area contributed by atoms with Gasteiger partial charge in [-0.1, -0.05) is 11.6 Å². The zero-order valence-corrected chi connectivity index (χ0v) is 12.2. The highest BCUT2D eigenvalue weighted by Crippen LogP contribution is 2.30. The molecule has 1 aliphatic heterocycles. The SMILES string of the molecule is Cc1cc(Cl)ccc1N1CC(CN)OC(C)(C)C1=O. The minimum absolute atomic E-state index is 0.0531. The molecule has 0 aliphatic carbocycles. The maximum absolute atomic E-state index is 12.5. The summed E-state index contributed by atoms with van der Waals surface area (Å²) in [5.74, 6) is -0.0531. The van der Waals surface area contributed by atoms with Crippen LogP contribution in [0.1, 0.15) is 19.4 Å². The molecule has 1 saturated heterocycles. The van der Waals surface area contributed by atoms with Crippen LogP contribution in [0.3, 0.4) is 0 Å². The third kappa shape index (κ3) is 2.76. The third-order valence-corrected chi connectivity index (χ3v) is 3.56. The first-order valence-corrected chi connectivity index (χ1v) is 6.69. The van der Waals surface area contributed by atoms with Crippen molar-refractivity contribution in [1.82, 2.24) is 0 Å². The Morgan fingerprint density at radius 3 is 2.79 bits per heavy atom. The normalized spacial score (nSPS) is 22.7. The second kappa shape index (κ2) is 5.12. The first kappa shape index (κ1) is 14.3. The van der Waals surface area contributed by atoms with Gasteiger partial charge in [0, 0.05) is 17.3 Å². The molecular weight excluding hydrogens is 264 g/mol. The Balaban J connectivity index is 2.38. The molecule has 1 heterocycles. The topological polar surface area (TPSA) is 55.6 Å². The molecule has 104 valence electrons. The molecule has 1 amide bonds. The minimum Gasteiger partial charge on any atom is -0.359 e. The molecule has 2 rings (SSSR count). The number of anilines is 1. The molecule has 1 fully saturated rings. The van der Waals surface area contributed by atoms with Crippen molar-refractivity contribution >= 4 is 23.2 Å². The van der Waals surface area contributed by atoms with Gasteiger partial charge in [-0.25, -0.2) is 0 Å². The van der Waals surface area contributed by atoms with Gasteiger partial charge in [0.05, 0.1) is 12.6 Å². The lowest BCUT2D eigenvalue weighted by molar-refractivity contribution is -0.153. The number of benzene rings is 1. The van der Waals surface area contributed by atoms with Crippen LogP contribution in [0.25, 0.3) is 0 Å². The predicted molar refractivity (Wildman–Crippen MR) is 76.5 cm³/mol. The van der Waals surface area contributed by atoms with Gasteiger partial charge in [-0.3, -0.25) is 4.79 Å². The van der Waals surface area contributed by atoms with Crippen molar-refractivity contribution in [1.29, 1.82) is 0 Å².